The second-order valence-corrected chi connectivity index (χ2v) is 7.09. The minimum Gasteiger partial charge on any atom is -0.321 e. The fourth-order valence-corrected chi connectivity index (χ4v) is 2.83. The topological polar surface area (TPSA) is 32.3 Å². The van der Waals surface area contributed by atoms with E-state index >= 15 is 0 Å². The lowest BCUT2D eigenvalue weighted by Gasteiger charge is -2.33. The fourth-order valence-electron chi connectivity index (χ4n) is 2.02. The predicted molar refractivity (Wildman–Crippen MR) is 75.4 cm³/mol. The largest absolute Gasteiger partial charge is 0.321 e. The molecule has 0 bridgehead atoms. The van der Waals surface area contributed by atoms with E-state index in [1.807, 2.05) is 11.0 Å². The van der Waals surface area contributed by atoms with E-state index in [2.05, 4.69) is 44.5 Å². The molecule has 3 nitrogen and oxygen atoms in total. The first-order chi connectivity index (χ1) is 8.39. The second-order valence-electron chi connectivity index (χ2n) is 6.11. The van der Waals surface area contributed by atoms with Gasteiger partial charge >= 0.3 is 0 Å². The number of thiophene rings is 1. The molecule has 0 radical (unpaired) electrons. The molecule has 0 saturated carbocycles. The highest BCUT2D eigenvalue weighted by molar-refractivity contribution is 7.10. The number of nitrogens with zero attached hydrogens (tertiary/aromatic N) is 1. The maximum absolute atomic E-state index is 12.0. The van der Waals surface area contributed by atoms with E-state index in [1.165, 1.54) is 4.88 Å². The van der Waals surface area contributed by atoms with Crippen LogP contribution in [0.25, 0.3) is 0 Å². The Kier molecular flexibility index (Phi) is 3.78. The molecule has 1 N–H and O–H groups in total. The van der Waals surface area contributed by atoms with Crippen LogP contribution in [0.15, 0.2) is 17.5 Å². The molecule has 4 heteroatoms. The summed E-state index contributed by atoms with van der Waals surface area (Å²) < 4.78 is 0. The highest BCUT2D eigenvalue weighted by Crippen LogP contribution is 2.31. The van der Waals surface area contributed by atoms with E-state index in [1.54, 1.807) is 11.3 Å². The van der Waals surface area contributed by atoms with Crippen molar-refractivity contribution in [1.29, 1.82) is 0 Å². The first kappa shape index (κ1) is 13.6. The van der Waals surface area contributed by atoms with Crippen molar-refractivity contribution in [2.24, 2.45) is 11.3 Å². The van der Waals surface area contributed by atoms with Gasteiger partial charge in [0, 0.05) is 11.4 Å². The maximum atomic E-state index is 12.0. The SMILES string of the molecule is CC(CN1C(=O)CNC1c1cccs1)C(C)(C)C. The monoisotopic (exact) mass is 266 g/mol. The average Bonchev–Trinajstić information content (AvgIpc) is 2.88. The van der Waals surface area contributed by atoms with Crippen LogP contribution in [0, 0.1) is 11.3 Å². The number of hydrogen-bond donors (Lipinski definition) is 1. The number of amides is 1. The van der Waals surface area contributed by atoms with Gasteiger partial charge in [-0.2, -0.15) is 0 Å². The van der Waals surface area contributed by atoms with E-state index in [9.17, 15) is 4.79 Å². The van der Waals surface area contributed by atoms with Gasteiger partial charge in [0.2, 0.25) is 5.91 Å². The number of rotatable bonds is 3. The number of nitrogens with one attached hydrogen (secondary N) is 1. The van der Waals surface area contributed by atoms with Crippen molar-refractivity contribution in [3.05, 3.63) is 22.4 Å². The van der Waals surface area contributed by atoms with Gasteiger partial charge in [-0.3, -0.25) is 10.1 Å². The van der Waals surface area contributed by atoms with Gasteiger partial charge in [0.1, 0.15) is 6.17 Å². The zero-order valence-electron chi connectivity index (χ0n) is 11.6. The summed E-state index contributed by atoms with van der Waals surface area (Å²) in [5.41, 5.74) is 0.225. The van der Waals surface area contributed by atoms with Crippen LogP contribution in [0.1, 0.15) is 38.7 Å². The van der Waals surface area contributed by atoms with Gasteiger partial charge in [-0.15, -0.1) is 11.3 Å². The lowest BCUT2D eigenvalue weighted by atomic mass is 9.82. The van der Waals surface area contributed by atoms with Gasteiger partial charge in [0.15, 0.2) is 0 Å². The Hall–Kier alpha value is -0.870. The smallest absolute Gasteiger partial charge is 0.238 e. The predicted octanol–water partition coefficient (Wildman–Crippen LogP) is 2.86. The molecule has 100 valence electrons. The maximum Gasteiger partial charge on any atom is 0.238 e. The van der Waals surface area contributed by atoms with E-state index in [-0.39, 0.29) is 17.5 Å². The third-order valence-corrected chi connectivity index (χ3v) is 4.77. The van der Waals surface area contributed by atoms with Gasteiger partial charge in [-0.25, -0.2) is 0 Å². The molecule has 2 atom stereocenters. The van der Waals surface area contributed by atoms with Crippen LogP contribution in [0.4, 0.5) is 0 Å². The van der Waals surface area contributed by atoms with Crippen molar-refractivity contribution in [2.45, 2.75) is 33.9 Å². The lowest BCUT2D eigenvalue weighted by Crippen LogP contribution is -2.37. The highest BCUT2D eigenvalue weighted by Gasteiger charge is 2.34. The summed E-state index contributed by atoms with van der Waals surface area (Å²) >= 11 is 1.70. The molecule has 1 fully saturated rings. The van der Waals surface area contributed by atoms with Crippen LogP contribution in [-0.2, 0) is 4.79 Å². The Labute approximate surface area is 113 Å². The molecule has 1 aliphatic heterocycles. The highest BCUT2D eigenvalue weighted by atomic mass is 32.1. The Bertz CT molecular complexity index is 408. The van der Waals surface area contributed by atoms with Crippen molar-refractivity contribution in [2.75, 3.05) is 13.1 Å². The Balaban J connectivity index is 2.11. The van der Waals surface area contributed by atoms with Crippen molar-refractivity contribution < 1.29 is 4.79 Å². The normalized spacial score (nSPS) is 22.6. The lowest BCUT2D eigenvalue weighted by molar-refractivity contribution is -0.129. The first-order valence-electron chi connectivity index (χ1n) is 6.46. The molecule has 0 spiro atoms. The Morgan fingerprint density at radius 1 is 1.56 bits per heavy atom. The molecule has 1 aliphatic rings. The zero-order chi connectivity index (χ0) is 13.3. The third-order valence-electron chi connectivity index (χ3n) is 3.84. The Morgan fingerprint density at radius 2 is 2.28 bits per heavy atom. The van der Waals surface area contributed by atoms with Crippen LogP contribution in [0.3, 0.4) is 0 Å². The minimum atomic E-state index is 0.0716. The van der Waals surface area contributed by atoms with Crippen LogP contribution in [0.5, 0.6) is 0 Å². The first-order valence-corrected chi connectivity index (χ1v) is 7.34. The number of hydrogen-bond acceptors (Lipinski definition) is 3. The molecule has 1 saturated heterocycles. The summed E-state index contributed by atoms with van der Waals surface area (Å²) in [5.74, 6) is 0.688. The second kappa shape index (κ2) is 5.02. The van der Waals surface area contributed by atoms with Gasteiger partial charge in [0.05, 0.1) is 6.54 Å². The molecule has 2 rings (SSSR count). The standard InChI is InChI=1S/C14H22N2OS/c1-10(14(2,3)4)9-16-12(17)8-15-13(16)11-6-5-7-18-11/h5-7,10,13,15H,8-9H2,1-4H3. The van der Waals surface area contributed by atoms with E-state index < -0.39 is 0 Å². The molecule has 0 aliphatic carbocycles. The van der Waals surface area contributed by atoms with Crippen molar-refractivity contribution in [3.8, 4) is 0 Å². The summed E-state index contributed by atoms with van der Waals surface area (Å²) in [5, 5.41) is 5.36. The van der Waals surface area contributed by atoms with Gasteiger partial charge in [0.25, 0.3) is 0 Å². The third kappa shape index (κ3) is 2.75. The van der Waals surface area contributed by atoms with E-state index in [4.69, 9.17) is 0 Å². The molecule has 1 aromatic rings. The summed E-state index contributed by atoms with van der Waals surface area (Å²) in [4.78, 5) is 15.2. The summed E-state index contributed by atoms with van der Waals surface area (Å²) in [7, 11) is 0. The molecule has 2 unspecified atom stereocenters. The summed E-state index contributed by atoms with van der Waals surface area (Å²) in [6.07, 6.45) is 0.0716. The van der Waals surface area contributed by atoms with Crippen LogP contribution < -0.4 is 5.32 Å². The van der Waals surface area contributed by atoms with E-state index in [0.29, 0.717) is 12.5 Å². The van der Waals surface area contributed by atoms with Crippen LogP contribution >= 0.6 is 11.3 Å². The van der Waals surface area contributed by atoms with Crippen molar-refractivity contribution in [1.82, 2.24) is 10.2 Å². The molecule has 18 heavy (non-hydrogen) atoms. The van der Waals surface area contributed by atoms with E-state index in [0.717, 1.165) is 6.54 Å². The van der Waals surface area contributed by atoms with Gasteiger partial charge < -0.3 is 4.90 Å². The molecule has 2 heterocycles. The summed E-state index contributed by atoms with van der Waals surface area (Å²) in [6.45, 7) is 10.2. The van der Waals surface area contributed by atoms with Crippen LogP contribution in [-0.4, -0.2) is 23.9 Å². The van der Waals surface area contributed by atoms with Crippen molar-refractivity contribution in [3.63, 3.8) is 0 Å². The molecule has 1 aromatic heterocycles. The fraction of sp³-hybridized carbons (Fsp3) is 0.643. The average molecular weight is 266 g/mol. The summed E-state index contributed by atoms with van der Waals surface area (Å²) in [6, 6.07) is 4.13. The van der Waals surface area contributed by atoms with Crippen molar-refractivity contribution >= 4 is 17.2 Å². The Morgan fingerprint density at radius 3 is 2.83 bits per heavy atom. The minimum absolute atomic E-state index is 0.0716. The zero-order valence-corrected chi connectivity index (χ0v) is 12.4. The molecular weight excluding hydrogens is 244 g/mol. The number of carbonyl (C=O) groups excluding carboxylic acids is 1. The van der Waals surface area contributed by atoms with Gasteiger partial charge in [-0.1, -0.05) is 33.8 Å². The number of carbonyl (C=O) groups is 1. The quantitative estimate of drug-likeness (QED) is 0.912. The van der Waals surface area contributed by atoms with Crippen LogP contribution in [0.2, 0.25) is 0 Å². The molecule has 1 amide bonds. The van der Waals surface area contributed by atoms with Gasteiger partial charge in [-0.05, 0) is 22.8 Å². The molecular formula is C14H22N2OS. The molecule has 0 aromatic carbocycles.